The second kappa shape index (κ2) is 9.26. The third kappa shape index (κ3) is 6.48. The molecule has 0 atom stereocenters. The van der Waals surface area contributed by atoms with Crippen molar-refractivity contribution < 1.29 is 31.1 Å². The molecule has 1 aliphatic rings. The van der Waals surface area contributed by atoms with E-state index in [0.717, 1.165) is 22.1 Å². The average molecular weight is 509 g/mol. The van der Waals surface area contributed by atoms with Gasteiger partial charge in [-0.25, -0.2) is 17.9 Å². The lowest BCUT2D eigenvalue weighted by Gasteiger charge is -2.33. The van der Waals surface area contributed by atoms with E-state index in [-0.39, 0.29) is 28.5 Å². The Hall–Kier alpha value is -2.12. The first-order valence-corrected chi connectivity index (χ1v) is 12.6. The van der Waals surface area contributed by atoms with E-state index in [9.17, 15) is 26.4 Å². The Labute approximate surface area is 194 Å². The van der Waals surface area contributed by atoms with E-state index >= 15 is 0 Å². The van der Waals surface area contributed by atoms with Gasteiger partial charge in [0.15, 0.2) is 0 Å². The number of carbonyl (C=O) groups excluding carboxylic acids is 1. The standard InChI is InChI=1S/C20H27F3N4O4S2/c1-19(2,3)31-18(28)27-9-7-13(8-10-27)12-24-33(29,30)17-6-5-15(32-17)14-11-16(20(21,22)23)26(4)25-14/h5-6,11,13,24H,7-10,12H2,1-4H3. The van der Waals surface area contributed by atoms with E-state index in [2.05, 4.69) is 9.82 Å². The molecule has 33 heavy (non-hydrogen) atoms. The van der Waals surface area contributed by atoms with Crippen LogP contribution in [-0.4, -0.2) is 54.4 Å². The van der Waals surface area contributed by atoms with E-state index in [1.807, 2.05) is 0 Å². The van der Waals surface area contributed by atoms with Gasteiger partial charge in [0.1, 0.15) is 21.2 Å². The Balaban J connectivity index is 1.57. The highest BCUT2D eigenvalue weighted by Crippen LogP contribution is 2.35. The van der Waals surface area contributed by atoms with Crippen LogP contribution >= 0.6 is 11.3 Å². The molecule has 1 N–H and O–H groups in total. The number of nitrogens with zero attached hydrogens (tertiary/aromatic N) is 3. The first kappa shape index (κ1) is 25.5. The number of hydrogen-bond acceptors (Lipinski definition) is 6. The van der Waals surface area contributed by atoms with E-state index in [1.54, 1.807) is 25.7 Å². The summed E-state index contributed by atoms with van der Waals surface area (Å²) in [5, 5.41) is 3.85. The second-order valence-corrected chi connectivity index (χ2v) is 12.0. The number of aromatic nitrogens is 2. The van der Waals surface area contributed by atoms with E-state index < -0.39 is 27.5 Å². The lowest BCUT2D eigenvalue weighted by Crippen LogP contribution is -2.43. The van der Waals surface area contributed by atoms with Gasteiger partial charge < -0.3 is 9.64 Å². The predicted molar refractivity (Wildman–Crippen MR) is 117 cm³/mol. The summed E-state index contributed by atoms with van der Waals surface area (Å²) in [6.07, 6.45) is -3.67. The van der Waals surface area contributed by atoms with E-state index in [1.165, 1.54) is 19.2 Å². The topological polar surface area (TPSA) is 93.5 Å². The number of nitrogens with one attached hydrogen (secondary N) is 1. The summed E-state index contributed by atoms with van der Waals surface area (Å²) in [6, 6.07) is 3.70. The molecule has 1 fully saturated rings. The molecule has 1 aliphatic heterocycles. The lowest BCUT2D eigenvalue weighted by molar-refractivity contribution is -0.143. The number of carbonyl (C=O) groups is 1. The Bertz CT molecular complexity index is 1100. The number of halogens is 3. The van der Waals surface area contributed by atoms with Crippen LogP contribution in [0.1, 0.15) is 39.3 Å². The van der Waals surface area contributed by atoms with Crippen LogP contribution in [0.15, 0.2) is 22.4 Å². The molecule has 13 heteroatoms. The molecular weight excluding hydrogens is 481 g/mol. The predicted octanol–water partition coefficient (Wildman–Crippen LogP) is 4.09. The van der Waals surface area contributed by atoms with Crippen molar-refractivity contribution in [1.29, 1.82) is 0 Å². The van der Waals surface area contributed by atoms with Crippen molar-refractivity contribution in [2.24, 2.45) is 13.0 Å². The molecule has 0 aliphatic carbocycles. The lowest BCUT2D eigenvalue weighted by atomic mass is 9.97. The smallest absolute Gasteiger partial charge is 0.433 e. The molecule has 0 bridgehead atoms. The number of sulfonamides is 1. The van der Waals surface area contributed by atoms with Crippen LogP contribution in [-0.2, 0) is 28.0 Å². The molecule has 8 nitrogen and oxygen atoms in total. The number of amides is 1. The SMILES string of the molecule is Cn1nc(-c2ccc(S(=O)(=O)NCC3CCN(C(=O)OC(C)(C)C)CC3)s2)cc1C(F)(F)F. The van der Waals surface area contributed by atoms with Crippen LogP contribution in [0, 0.1) is 5.92 Å². The van der Waals surface area contributed by atoms with Gasteiger partial charge in [-0.05, 0) is 57.7 Å². The largest absolute Gasteiger partial charge is 0.444 e. The second-order valence-electron chi connectivity index (χ2n) is 8.92. The average Bonchev–Trinajstić information content (AvgIpc) is 3.32. The number of alkyl halides is 3. The minimum atomic E-state index is -4.55. The van der Waals surface area contributed by atoms with Crippen LogP contribution in [0.2, 0.25) is 0 Å². The van der Waals surface area contributed by atoms with Crippen molar-refractivity contribution in [3.05, 3.63) is 23.9 Å². The maximum atomic E-state index is 13.0. The van der Waals surface area contributed by atoms with E-state index in [4.69, 9.17) is 4.74 Å². The van der Waals surface area contributed by atoms with Crippen molar-refractivity contribution in [3.63, 3.8) is 0 Å². The zero-order valence-corrected chi connectivity index (χ0v) is 20.4. The van der Waals surface area contributed by atoms with Gasteiger partial charge in [-0.1, -0.05) is 0 Å². The number of rotatable bonds is 5. The number of likely N-dealkylation sites (tertiary alicyclic amines) is 1. The molecule has 3 heterocycles. The monoisotopic (exact) mass is 508 g/mol. The molecule has 0 unspecified atom stereocenters. The fourth-order valence-corrected chi connectivity index (χ4v) is 5.82. The zero-order valence-electron chi connectivity index (χ0n) is 18.8. The summed E-state index contributed by atoms with van der Waals surface area (Å²) in [5.41, 5.74) is -1.43. The number of hydrogen-bond donors (Lipinski definition) is 1. The van der Waals surface area contributed by atoms with Crippen molar-refractivity contribution in [3.8, 4) is 10.6 Å². The molecule has 0 saturated carbocycles. The van der Waals surface area contributed by atoms with Gasteiger partial charge in [0.05, 0.1) is 4.88 Å². The number of piperidine rings is 1. The third-order valence-corrected chi connectivity index (χ3v) is 8.12. The maximum absolute atomic E-state index is 13.0. The molecule has 2 aromatic heterocycles. The highest BCUT2D eigenvalue weighted by Gasteiger charge is 2.35. The van der Waals surface area contributed by atoms with Crippen molar-refractivity contribution in [2.75, 3.05) is 19.6 Å². The summed E-state index contributed by atoms with van der Waals surface area (Å²) in [7, 11) is -2.64. The molecule has 0 aromatic carbocycles. The molecule has 184 valence electrons. The van der Waals surface area contributed by atoms with Crippen LogP contribution in [0.5, 0.6) is 0 Å². The fourth-order valence-electron chi connectivity index (χ4n) is 3.40. The van der Waals surface area contributed by atoms with E-state index in [0.29, 0.717) is 30.8 Å². The Morgan fingerprint density at radius 1 is 1.24 bits per heavy atom. The Kier molecular flexibility index (Phi) is 7.16. The normalized spacial score (nSPS) is 16.3. The van der Waals surface area contributed by atoms with Crippen LogP contribution < -0.4 is 4.72 Å². The molecule has 2 aromatic rings. The van der Waals surface area contributed by atoms with Crippen molar-refractivity contribution in [1.82, 2.24) is 19.4 Å². The van der Waals surface area contributed by atoms with Crippen LogP contribution in [0.3, 0.4) is 0 Å². The molecule has 3 rings (SSSR count). The summed E-state index contributed by atoms with van der Waals surface area (Å²) in [6.45, 7) is 6.55. The highest BCUT2D eigenvalue weighted by molar-refractivity contribution is 7.91. The number of thiophene rings is 1. The van der Waals surface area contributed by atoms with Gasteiger partial charge >= 0.3 is 12.3 Å². The highest BCUT2D eigenvalue weighted by atomic mass is 32.2. The van der Waals surface area contributed by atoms with Gasteiger partial charge in [0, 0.05) is 26.7 Å². The molecule has 1 amide bonds. The van der Waals surface area contributed by atoms with Gasteiger partial charge in [0.2, 0.25) is 10.0 Å². The number of aryl methyl sites for hydroxylation is 1. The van der Waals surface area contributed by atoms with Gasteiger partial charge in [-0.15, -0.1) is 11.3 Å². The Morgan fingerprint density at radius 3 is 2.42 bits per heavy atom. The van der Waals surface area contributed by atoms with Crippen LogP contribution in [0.4, 0.5) is 18.0 Å². The molecular formula is C20H27F3N4O4S2. The fraction of sp³-hybridized carbons (Fsp3) is 0.600. The van der Waals surface area contributed by atoms with Crippen LogP contribution in [0.25, 0.3) is 10.6 Å². The number of ether oxygens (including phenoxy) is 1. The Morgan fingerprint density at radius 2 is 1.88 bits per heavy atom. The summed E-state index contributed by atoms with van der Waals surface area (Å²) in [5.74, 6) is 0.0584. The van der Waals surface area contributed by atoms with Gasteiger partial charge in [-0.2, -0.15) is 18.3 Å². The van der Waals surface area contributed by atoms with Gasteiger partial charge in [0.25, 0.3) is 0 Å². The third-order valence-electron chi connectivity index (χ3n) is 5.10. The van der Waals surface area contributed by atoms with Crippen molar-refractivity contribution >= 4 is 27.5 Å². The summed E-state index contributed by atoms with van der Waals surface area (Å²) in [4.78, 5) is 14.1. The minimum Gasteiger partial charge on any atom is -0.444 e. The molecule has 0 spiro atoms. The summed E-state index contributed by atoms with van der Waals surface area (Å²) < 4.78 is 73.0. The maximum Gasteiger partial charge on any atom is 0.433 e. The molecule has 0 radical (unpaired) electrons. The summed E-state index contributed by atoms with van der Waals surface area (Å²) >= 11 is 0.859. The first-order chi connectivity index (χ1) is 15.2. The van der Waals surface area contributed by atoms with Crippen molar-refractivity contribution in [2.45, 2.75) is 49.6 Å². The minimum absolute atomic E-state index is 0.00269. The molecule has 1 saturated heterocycles. The quantitative estimate of drug-likeness (QED) is 0.657. The first-order valence-electron chi connectivity index (χ1n) is 10.3. The van der Waals surface area contributed by atoms with Gasteiger partial charge in [-0.3, -0.25) is 4.68 Å². The zero-order chi connectivity index (χ0) is 24.6.